The molecule has 0 aliphatic carbocycles. The molecular weight excluding hydrogens is 379 g/mol. The third-order valence-electron chi connectivity index (χ3n) is 4.36. The molecule has 0 saturated heterocycles. The van der Waals surface area contributed by atoms with Crippen molar-refractivity contribution < 1.29 is 18.7 Å². The fourth-order valence-corrected chi connectivity index (χ4v) is 3.55. The molecule has 7 heteroatoms. The minimum Gasteiger partial charge on any atom is -0.497 e. The van der Waals surface area contributed by atoms with E-state index >= 15 is 0 Å². The highest BCUT2D eigenvalue weighted by atomic mass is 32.1. The molecule has 0 radical (unpaired) electrons. The van der Waals surface area contributed by atoms with E-state index in [9.17, 15) is 9.18 Å². The first-order chi connectivity index (χ1) is 13.5. The first-order valence-corrected chi connectivity index (χ1v) is 9.61. The first kappa shape index (κ1) is 19.8. The summed E-state index contributed by atoms with van der Waals surface area (Å²) in [6.45, 7) is 1.93. The molecule has 1 N–H and O–H groups in total. The highest BCUT2D eigenvalue weighted by molar-refractivity contribution is 7.14. The lowest BCUT2D eigenvalue weighted by Gasteiger charge is -2.11. The van der Waals surface area contributed by atoms with Crippen molar-refractivity contribution in [2.75, 3.05) is 19.5 Å². The molecule has 1 heterocycles. The fourth-order valence-electron chi connectivity index (χ4n) is 2.83. The van der Waals surface area contributed by atoms with Crippen LogP contribution in [0.2, 0.25) is 0 Å². The van der Waals surface area contributed by atoms with Gasteiger partial charge in [-0.15, -0.1) is 11.3 Å². The number of carbonyl (C=O) groups is 1. The van der Waals surface area contributed by atoms with Crippen LogP contribution in [0.25, 0.3) is 11.3 Å². The van der Waals surface area contributed by atoms with Gasteiger partial charge >= 0.3 is 0 Å². The van der Waals surface area contributed by atoms with Gasteiger partial charge < -0.3 is 14.8 Å². The second kappa shape index (κ2) is 8.84. The molecule has 0 fully saturated rings. The van der Waals surface area contributed by atoms with Crippen LogP contribution in [0.1, 0.15) is 24.8 Å². The Morgan fingerprint density at radius 3 is 2.61 bits per heavy atom. The Bertz CT molecular complexity index is 957. The van der Waals surface area contributed by atoms with Gasteiger partial charge in [0.05, 0.1) is 19.9 Å². The van der Waals surface area contributed by atoms with Crippen molar-refractivity contribution in [2.24, 2.45) is 0 Å². The van der Waals surface area contributed by atoms with Crippen LogP contribution in [-0.2, 0) is 4.79 Å². The van der Waals surface area contributed by atoms with Crippen molar-refractivity contribution in [3.05, 3.63) is 59.2 Å². The predicted molar refractivity (Wildman–Crippen MR) is 109 cm³/mol. The van der Waals surface area contributed by atoms with Gasteiger partial charge in [-0.1, -0.05) is 19.1 Å². The van der Waals surface area contributed by atoms with E-state index in [1.54, 1.807) is 26.4 Å². The molecular formula is C21H21FN2O3S. The van der Waals surface area contributed by atoms with Crippen LogP contribution in [-0.4, -0.2) is 25.1 Å². The molecule has 5 nitrogen and oxygen atoms in total. The van der Waals surface area contributed by atoms with Crippen LogP contribution in [0, 0.1) is 5.82 Å². The highest BCUT2D eigenvalue weighted by Crippen LogP contribution is 2.35. The van der Waals surface area contributed by atoms with Gasteiger partial charge in [0.15, 0.2) is 5.13 Å². The summed E-state index contributed by atoms with van der Waals surface area (Å²) < 4.78 is 23.7. The van der Waals surface area contributed by atoms with Crippen LogP contribution in [0.3, 0.4) is 0 Å². The summed E-state index contributed by atoms with van der Waals surface area (Å²) in [5.74, 6) is 0.911. The standard InChI is InChI=1S/C21H21FN2O3S/c1-13(14-4-6-15(22)7-5-14)10-20(25)24-21-23-18(12-28-21)17-11-16(26-2)8-9-19(17)27-3/h4-9,11-13H,10H2,1-3H3,(H,23,24,25). The van der Waals surface area contributed by atoms with E-state index in [0.717, 1.165) is 11.1 Å². The number of aromatic nitrogens is 1. The van der Waals surface area contributed by atoms with E-state index in [0.29, 0.717) is 22.3 Å². The van der Waals surface area contributed by atoms with Gasteiger partial charge in [-0.25, -0.2) is 9.37 Å². The summed E-state index contributed by atoms with van der Waals surface area (Å²) in [6.07, 6.45) is 0.281. The zero-order chi connectivity index (χ0) is 20.1. The van der Waals surface area contributed by atoms with Gasteiger partial charge in [0.25, 0.3) is 0 Å². The minimum absolute atomic E-state index is 0.0292. The second-order valence-electron chi connectivity index (χ2n) is 6.31. The largest absolute Gasteiger partial charge is 0.497 e. The maximum absolute atomic E-state index is 13.0. The molecule has 28 heavy (non-hydrogen) atoms. The molecule has 1 aromatic heterocycles. The summed E-state index contributed by atoms with van der Waals surface area (Å²) in [7, 11) is 3.19. The SMILES string of the molecule is COc1ccc(OC)c(-c2csc(NC(=O)CC(C)c3ccc(F)cc3)n2)c1. The summed E-state index contributed by atoms with van der Waals surface area (Å²) in [5, 5.41) is 5.20. The van der Waals surface area contributed by atoms with Gasteiger partial charge in [0, 0.05) is 17.4 Å². The monoisotopic (exact) mass is 400 g/mol. The molecule has 0 aliphatic rings. The predicted octanol–water partition coefficient (Wildman–Crippen LogP) is 5.10. The number of hydrogen-bond acceptors (Lipinski definition) is 5. The number of anilines is 1. The van der Waals surface area contributed by atoms with E-state index in [4.69, 9.17) is 9.47 Å². The van der Waals surface area contributed by atoms with Gasteiger partial charge in [0.1, 0.15) is 17.3 Å². The van der Waals surface area contributed by atoms with E-state index in [1.807, 2.05) is 30.5 Å². The molecule has 1 atom stereocenters. The number of amides is 1. The third-order valence-corrected chi connectivity index (χ3v) is 5.12. The van der Waals surface area contributed by atoms with E-state index < -0.39 is 0 Å². The number of halogens is 1. The van der Waals surface area contributed by atoms with Gasteiger partial charge in [-0.2, -0.15) is 0 Å². The molecule has 1 unspecified atom stereocenters. The van der Waals surface area contributed by atoms with Gasteiger partial charge in [-0.3, -0.25) is 4.79 Å². The van der Waals surface area contributed by atoms with Crippen LogP contribution in [0.4, 0.5) is 9.52 Å². The number of hydrogen-bond donors (Lipinski definition) is 1. The molecule has 0 spiro atoms. The highest BCUT2D eigenvalue weighted by Gasteiger charge is 2.15. The molecule has 0 bridgehead atoms. The summed E-state index contributed by atoms with van der Waals surface area (Å²) in [4.78, 5) is 16.9. The van der Waals surface area contributed by atoms with Crippen molar-refractivity contribution in [3.63, 3.8) is 0 Å². The van der Waals surface area contributed by atoms with Gasteiger partial charge in [-0.05, 0) is 41.8 Å². The maximum Gasteiger partial charge on any atom is 0.226 e. The third kappa shape index (κ3) is 4.67. The van der Waals surface area contributed by atoms with Crippen molar-refractivity contribution in [2.45, 2.75) is 19.3 Å². The Balaban J connectivity index is 1.69. The van der Waals surface area contributed by atoms with Crippen LogP contribution < -0.4 is 14.8 Å². The molecule has 3 aromatic rings. The van der Waals surface area contributed by atoms with E-state index in [2.05, 4.69) is 10.3 Å². The number of carbonyl (C=O) groups excluding carboxylic acids is 1. The van der Waals surface area contributed by atoms with Crippen molar-refractivity contribution in [1.29, 1.82) is 0 Å². The lowest BCUT2D eigenvalue weighted by Crippen LogP contribution is -2.14. The topological polar surface area (TPSA) is 60.5 Å². The Hall–Kier alpha value is -2.93. The normalized spacial score (nSPS) is 11.7. The van der Waals surface area contributed by atoms with Crippen molar-refractivity contribution >= 4 is 22.4 Å². The quantitative estimate of drug-likeness (QED) is 0.599. The smallest absolute Gasteiger partial charge is 0.226 e. The number of thiazole rings is 1. The van der Waals surface area contributed by atoms with Crippen LogP contribution >= 0.6 is 11.3 Å². The zero-order valence-corrected chi connectivity index (χ0v) is 16.7. The molecule has 0 saturated carbocycles. The summed E-state index contributed by atoms with van der Waals surface area (Å²) in [6, 6.07) is 11.7. The second-order valence-corrected chi connectivity index (χ2v) is 7.17. The Kier molecular flexibility index (Phi) is 6.26. The van der Waals surface area contributed by atoms with E-state index in [1.165, 1.54) is 23.5 Å². The summed E-state index contributed by atoms with van der Waals surface area (Å²) in [5.41, 5.74) is 2.40. The van der Waals surface area contributed by atoms with E-state index in [-0.39, 0.29) is 24.1 Å². The molecule has 0 aliphatic heterocycles. The first-order valence-electron chi connectivity index (χ1n) is 8.73. The Morgan fingerprint density at radius 1 is 1.18 bits per heavy atom. The molecule has 2 aromatic carbocycles. The van der Waals surface area contributed by atoms with Crippen LogP contribution in [0.5, 0.6) is 11.5 Å². The lowest BCUT2D eigenvalue weighted by atomic mass is 9.97. The number of rotatable bonds is 7. The average molecular weight is 400 g/mol. The fraction of sp³-hybridized carbons (Fsp3) is 0.238. The maximum atomic E-state index is 13.0. The minimum atomic E-state index is -0.288. The number of nitrogens with zero attached hydrogens (tertiary/aromatic N) is 1. The van der Waals surface area contributed by atoms with Crippen LogP contribution in [0.15, 0.2) is 47.8 Å². The number of ether oxygens (including phenoxy) is 2. The average Bonchev–Trinajstić information content (AvgIpc) is 3.15. The number of methoxy groups -OCH3 is 2. The molecule has 1 amide bonds. The van der Waals surface area contributed by atoms with Crippen molar-refractivity contribution in [3.8, 4) is 22.8 Å². The summed E-state index contributed by atoms with van der Waals surface area (Å²) >= 11 is 1.34. The molecule has 3 rings (SSSR count). The van der Waals surface area contributed by atoms with Gasteiger partial charge in [0.2, 0.25) is 5.91 Å². The van der Waals surface area contributed by atoms with Crippen molar-refractivity contribution in [1.82, 2.24) is 4.98 Å². The number of nitrogens with one attached hydrogen (secondary N) is 1. The molecule has 146 valence electrons. The Morgan fingerprint density at radius 2 is 1.93 bits per heavy atom. The lowest BCUT2D eigenvalue weighted by molar-refractivity contribution is -0.116. The number of benzene rings is 2. The zero-order valence-electron chi connectivity index (χ0n) is 15.9. The Labute approximate surface area is 167 Å².